The molecule has 0 amide bonds. The normalized spacial score (nSPS) is 32.1. The molecular formula is C12H24FIOSi. The molecule has 1 aliphatic carbocycles. The second-order valence-electron chi connectivity index (χ2n) is 6.42. The molecule has 0 aromatic rings. The summed E-state index contributed by atoms with van der Waals surface area (Å²) in [6.45, 7) is 11.0. The van der Waals surface area contributed by atoms with Crippen LogP contribution in [-0.2, 0) is 4.43 Å². The molecule has 0 aliphatic heterocycles. The monoisotopic (exact) mass is 358 g/mol. The quantitative estimate of drug-likeness (QED) is 0.408. The lowest BCUT2D eigenvalue weighted by Gasteiger charge is -2.38. The molecule has 0 spiro atoms. The minimum absolute atomic E-state index is 0.138. The molecule has 1 rings (SSSR count). The average molecular weight is 358 g/mol. The summed E-state index contributed by atoms with van der Waals surface area (Å²) in [6, 6.07) is 0. The van der Waals surface area contributed by atoms with E-state index in [0.29, 0.717) is 12.3 Å². The maximum absolute atomic E-state index is 13.8. The third-order valence-corrected chi connectivity index (χ3v) is 9.75. The van der Waals surface area contributed by atoms with Gasteiger partial charge in [0.15, 0.2) is 8.32 Å². The van der Waals surface area contributed by atoms with Gasteiger partial charge in [-0.3, -0.25) is 0 Å². The van der Waals surface area contributed by atoms with E-state index < -0.39 is 14.5 Å². The van der Waals surface area contributed by atoms with Gasteiger partial charge in [-0.2, -0.15) is 0 Å². The molecule has 0 aromatic carbocycles. The molecule has 0 heterocycles. The van der Waals surface area contributed by atoms with Crippen molar-refractivity contribution < 1.29 is 8.82 Å². The lowest BCUT2D eigenvalue weighted by molar-refractivity contribution is 0.111. The maximum Gasteiger partial charge on any atom is 0.192 e. The SMILES string of the molecule is CC(C)(C)[Si](C)(C)O[C@@H]1C[C@@H](CI)C[C@@H]1F. The molecule has 4 heteroatoms. The number of halogens is 2. The summed E-state index contributed by atoms with van der Waals surface area (Å²) in [4.78, 5) is 0. The van der Waals surface area contributed by atoms with Gasteiger partial charge in [-0.15, -0.1) is 0 Å². The predicted molar refractivity (Wildman–Crippen MR) is 78.6 cm³/mol. The minimum atomic E-state index is -1.80. The third-order valence-electron chi connectivity index (χ3n) is 4.00. The van der Waals surface area contributed by atoms with Crippen LogP contribution < -0.4 is 0 Å². The Kier molecular flexibility index (Phi) is 4.86. The minimum Gasteiger partial charge on any atom is -0.411 e. The van der Waals surface area contributed by atoms with Gasteiger partial charge in [0, 0.05) is 4.43 Å². The van der Waals surface area contributed by atoms with Crippen LogP contribution in [0.15, 0.2) is 0 Å². The van der Waals surface area contributed by atoms with Crippen molar-refractivity contribution in [3.05, 3.63) is 0 Å². The Hall–Kier alpha value is 0.837. The van der Waals surface area contributed by atoms with Crippen molar-refractivity contribution in [3.8, 4) is 0 Å². The largest absolute Gasteiger partial charge is 0.411 e. The molecule has 1 aliphatic rings. The molecule has 0 unspecified atom stereocenters. The van der Waals surface area contributed by atoms with Crippen LogP contribution in [0.1, 0.15) is 33.6 Å². The topological polar surface area (TPSA) is 9.23 Å². The first-order valence-corrected chi connectivity index (χ1v) is 10.5. The van der Waals surface area contributed by atoms with Gasteiger partial charge in [0.25, 0.3) is 0 Å². The highest BCUT2D eigenvalue weighted by atomic mass is 127. The molecule has 0 bridgehead atoms. The van der Waals surface area contributed by atoms with Gasteiger partial charge in [0.05, 0.1) is 6.10 Å². The van der Waals surface area contributed by atoms with Gasteiger partial charge < -0.3 is 4.43 Å². The van der Waals surface area contributed by atoms with E-state index in [1.54, 1.807) is 0 Å². The molecule has 96 valence electrons. The van der Waals surface area contributed by atoms with Gasteiger partial charge in [-0.25, -0.2) is 4.39 Å². The van der Waals surface area contributed by atoms with E-state index in [-0.39, 0.29) is 11.1 Å². The third kappa shape index (κ3) is 3.42. The van der Waals surface area contributed by atoms with Crippen LogP contribution in [0, 0.1) is 5.92 Å². The Balaban J connectivity index is 2.61. The number of hydrogen-bond acceptors (Lipinski definition) is 1. The summed E-state index contributed by atoms with van der Waals surface area (Å²) in [7, 11) is -1.80. The zero-order valence-corrected chi connectivity index (χ0v) is 14.2. The predicted octanol–water partition coefficient (Wildman–Crippen LogP) is 4.56. The molecule has 0 aromatic heterocycles. The van der Waals surface area contributed by atoms with E-state index >= 15 is 0 Å². The van der Waals surface area contributed by atoms with Gasteiger partial charge in [-0.05, 0) is 36.9 Å². The Morgan fingerprint density at radius 1 is 1.31 bits per heavy atom. The number of rotatable bonds is 3. The summed E-state index contributed by atoms with van der Waals surface area (Å²) in [6.07, 6.45) is 0.730. The fourth-order valence-corrected chi connectivity index (χ4v) is 3.92. The highest BCUT2D eigenvalue weighted by Gasteiger charge is 2.43. The highest BCUT2D eigenvalue weighted by Crippen LogP contribution is 2.41. The van der Waals surface area contributed by atoms with Crippen LogP contribution in [0.25, 0.3) is 0 Å². The molecule has 1 nitrogen and oxygen atoms in total. The summed E-state index contributed by atoms with van der Waals surface area (Å²) in [5.41, 5.74) is 0. The lowest BCUT2D eigenvalue weighted by Crippen LogP contribution is -2.45. The van der Waals surface area contributed by atoms with Gasteiger partial charge in [0.2, 0.25) is 0 Å². The van der Waals surface area contributed by atoms with E-state index in [9.17, 15) is 4.39 Å². The Morgan fingerprint density at radius 3 is 2.25 bits per heavy atom. The van der Waals surface area contributed by atoms with Crippen molar-refractivity contribution in [2.75, 3.05) is 4.43 Å². The maximum atomic E-state index is 13.8. The van der Waals surface area contributed by atoms with Crippen LogP contribution in [0.2, 0.25) is 18.1 Å². The second-order valence-corrected chi connectivity index (χ2v) is 12.1. The zero-order chi connectivity index (χ0) is 12.6. The molecule has 3 atom stereocenters. The van der Waals surface area contributed by atoms with Gasteiger partial charge >= 0.3 is 0 Å². The molecule has 0 radical (unpaired) electrons. The van der Waals surface area contributed by atoms with Crippen molar-refractivity contribution in [1.29, 1.82) is 0 Å². The summed E-state index contributed by atoms with van der Waals surface area (Å²) < 4.78 is 21.1. The van der Waals surface area contributed by atoms with Crippen LogP contribution in [0.5, 0.6) is 0 Å². The molecule has 0 saturated heterocycles. The second kappa shape index (κ2) is 5.22. The first-order chi connectivity index (χ1) is 7.17. The molecule has 0 N–H and O–H groups in total. The van der Waals surface area contributed by atoms with E-state index in [4.69, 9.17) is 4.43 Å². The van der Waals surface area contributed by atoms with Crippen molar-refractivity contribution >= 4 is 30.9 Å². The van der Waals surface area contributed by atoms with Crippen molar-refractivity contribution in [3.63, 3.8) is 0 Å². The first-order valence-electron chi connectivity index (χ1n) is 6.05. The van der Waals surface area contributed by atoms with Crippen LogP contribution >= 0.6 is 22.6 Å². The molecule has 1 fully saturated rings. The lowest BCUT2D eigenvalue weighted by atomic mass is 10.1. The Morgan fingerprint density at radius 2 is 1.88 bits per heavy atom. The Labute approximate surface area is 114 Å². The van der Waals surface area contributed by atoms with E-state index in [0.717, 1.165) is 10.8 Å². The fourth-order valence-electron chi connectivity index (χ4n) is 1.85. The molecule has 1 saturated carbocycles. The summed E-state index contributed by atoms with van der Waals surface area (Å²) in [5.74, 6) is 0.519. The van der Waals surface area contributed by atoms with Crippen molar-refractivity contribution in [1.82, 2.24) is 0 Å². The van der Waals surface area contributed by atoms with E-state index in [1.807, 2.05) is 0 Å². The highest BCUT2D eigenvalue weighted by molar-refractivity contribution is 14.1. The van der Waals surface area contributed by atoms with Crippen molar-refractivity contribution in [2.45, 2.75) is 64.0 Å². The standard InChI is InChI=1S/C12H24FIOSi/c1-12(2,3)16(4,5)15-11-7-9(8-14)6-10(11)13/h9-11H,6-8H2,1-5H3/t9-,10-,11+/m0/s1. The van der Waals surface area contributed by atoms with E-state index in [1.165, 1.54) is 0 Å². The molecular weight excluding hydrogens is 334 g/mol. The number of hydrogen-bond donors (Lipinski definition) is 0. The molecule has 16 heavy (non-hydrogen) atoms. The number of alkyl halides is 2. The smallest absolute Gasteiger partial charge is 0.192 e. The summed E-state index contributed by atoms with van der Waals surface area (Å²) in [5, 5.41) is 0.176. The van der Waals surface area contributed by atoms with Gasteiger partial charge in [0.1, 0.15) is 6.17 Å². The van der Waals surface area contributed by atoms with Gasteiger partial charge in [-0.1, -0.05) is 43.4 Å². The fraction of sp³-hybridized carbons (Fsp3) is 1.00. The average Bonchev–Trinajstić information content (AvgIpc) is 2.44. The first kappa shape index (κ1) is 14.9. The summed E-state index contributed by atoms with van der Waals surface area (Å²) >= 11 is 2.35. The van der Waals surface area contributed by atoms with Crippen LogP contribution in [0.4, 0.5) is 4.39 Å². The zero-order valence-electron chi connectivity index (χ0n) is 11.0. The van der Waals surface area contributed by atoms with Crippen LogP contribution in [0.3, 0.4) is 0 Å². The van der Waals surface area contributed by atoms with Crippen LogP contribution in [-0.4, -0.2) is 25.0 Å². The Bertz CT molecular complexity index is 240. The van der Waals surface area contributed by atoms with E-state index in [2.05, 4.69) is 56.5 Å². The van der Waals surface area contributed by atoms with Crippen molar-refractivity contribution in [2.24, 2.45) is 5.92 Å².